The minimum absolute atomic E-state index is 0.125. The molecule has 0 aliphatic carbocycles. The maximum Gasteiger partial charge on any atom is 0.293 e. The number of nitrogen functional groups attached to an aromatic ring is 1. The molecule has 1 rings (SSSR count). The molecule has 0 aliphatic rings. The normalized spacial score (nSPS) is 10.1. The minimum Gasteiger partial charge on any atom is -0.342 e. The molecule has 19 heavy (non-hydrogen) atoms. The van der Waals surface area contributed by atoms with Crippen LogP contribution in [0.2, 0.25) is 0 Å². The number of nitrogens with two attached hydrogens (primary N) is 1. The van der Waals surface area contributed by atoms with Crippen LogP contribution in [0.1, 0.15) is 30.1 Å². The van der Waals surface area contributed by atoms with Gasteiger partial charge in [0.2, 0.25) is 0 Å². The first-order valence-electron chi connectivity index (χ1n) is 6.01. The number of hydrogen-bond acceptors (Lipinski definition) is 5. The highest BCUT2D eigenvalue weighted by Gasteiger charge is 2.17. The number of nitro groups is 1. The maximum absolute atomic E-state index is 12.1. The van der Waals surface area contributed by atoms with Crippen molar-refractivity contribution >= 4 is 17.3 Å². The van der Waals surface area contributed by atoms with Crippen molar-refractivity contribution in [3.8, 4) is 0 Å². The van der Waals surface area contributed by atoms with E-state index in [9.17, 15) is 14.9 Å². The van der Waals surface area contributed by atoms with Crippen molar-refractivity contribution in [1.82, 2.24) is 4.90 Å². The van der Waals surface area contributed by atoms with Gasteiger partial charge in [0.25, 0.3) is 11.6 Å². The maximum atomic E-state index is 12.1. The lowest BCUT2D eigenvalue weighted by molar-refractivity contribution is -0.384. The van der Waals surface area contributed by atoms with Gasteiger partial charge in [0.1, 0.15) is 5.69 Å². The number of unbranched alkanes of at least 4 members (excludes halogenated alkanes) is 1. The molecule has 0 bridgehead atoms. The van der Waals surface area contributed by atoms with E-state index in [0.717, 1.165) is 12.8 Å². The van der Waals surface area contributed by atoms with Crippen LogP contribution in [0, 0.1) is 10.1 Å². The van der Waals surface area contributed by atoms with Gasteiger partial charge < -0.3 is 10.3 Å². The quantitative estimate of drug-likeness (QED) is 0.464. The molecule has 1 aromatic rings. The van der Waals surface area contributed by atoms with Crippen LogP contribution < -0.4 is 11.3 Å². The van der Waals surface area contributed by atoms with E-state index in [0.29, 0.717) is 12.1 Å². The lowest BCUT2D eigenvalue weighted by Gasteiger charge is -2.17. The second kappa shape index (κ2) is 6.69. The molecule has 0 fully saturated rings. The van der Waals surface area contributed by atoms with Crippen molar-refractivity contribution in [3.63, 3.8) is 0 Å². The molecule has 3 N–H and O–H groups in total. The molecule has 1 aromatic carbocycles. The molecule has 0 aliphatic heterocycles. The first kappa shape index (κ1) is 14.9. The molecule has 0 spiro atoms. The van der Waals surface area contributed by atoms with Crippen LogP contribution in [0.3, 0.4) is 0 Å². The Morgan fingerprint density at radius 1 is 1.53 bits per heavy atom. The van der Waals surface area contributed by atoms with Crippen molar-refractivity contribution in [2.75, 3.05) is 19.0 Å². The topological polar surface area (TPSA) is 102 Å². The molecular weight excluding hydrogens is 248 g/mol. The van der Waals surface area contributed by atoms with E-state index in [4.69, 9.17) is 5.84 Å². The Balaban J connectivity index is 2.95. The van der Waals surface area contributed by atoms with Crippen LogP contribution in [0.5, 0.6) is 0 Å². The summed E-state index contributed by atoms with van der Waals surface area (Å²) in [6.07, 6.45) is 1.91. The summed E-state index contributed by atoms with van der Waals surface area (Å²) >= 11 is 0. The van der Waals surface area contributed by atoms with Gasteiger partial charge in [0.05, 0.1) is 4.92 Å². The van der Waals surface area contributed by atoms with E-state index in [1.54, 1.807) is 11.9 Å². The van der Waals surface area contributed by atoms with Crippen LogP contribution >= 0.6 is 0 Å². The number of carbonyl (C=O) groups excluding carboxylic acids is 1. The van der Waals surface area contributed by atoms with Crippen LogP contribution in [0.25, 0.3) is 0 Å². The van der Waals surface area contributed by atoms with Crippen LogP contribution in [-0.2, 0) is 0 Å². The lowest BCUT2D eigenvalue weighted by atomic mass is 10.1. The number of carbonyl (C=O) groups is 1. The van der Waals surface area contributed by atoms with Gasteiger partial charge in [-0.15, -0.1) is 0 Å². The van der Waals surface area contributed by atoms with E-state index in [-0.39, 0.29) is 17.3 Å². The molecule has 0 radical (unpaired) electrons. The van der Waals surface area contributed by atoms with E-state index < -0.39 is 4.92 Å². The monoisotopic (exact) mass is 266 g/mol. The predicted octanol–water partition coefficient (Wildman–Crippen LogP) is 1.75. The third-order valence-corrected chi connectivity index (χ3v) is 2.79. The Kier molecular flexibility index (Phi) is 5.25. The summed E-state index contributed by atoms with van der Waals surface area (Å²) in [6, 6.07) is 4.10. The highest BCUT2D eigenvalue weighted by molar-refractivity contribution is 5.95. The summed E-state index contributed by atoms with van der Waals surface area (Å²) in [5.74, 6) is 5.05. The number of nitro benzene ring substituents is 1. The summed E-state index contributed by atoms with van der Waals surface area (Å²) < 4.78 is 0. The minimum atomic E-state index is -0.551. The van der Waals surface area contributed by atoms with E-state index >= 15 is 0 Å². The molecule has 0 heterocycles. The largest absolute Gasteiger partial charge is 0.342 e. The number of hydrazine groups is 1. The Morgan fingerprint density at radius 2 is 2.21 bits per heavy atom. The molecule has 7 nitrogen and oxygen atoms in total. The van der Waals surface area contributed by atoms with Gasteiger partial charge in [0, 0.05) is 25.2 Å². The Bertz CT molecular complexity index is 476. The van der Waals surface area contributed by atoms with E-state index in [1.807, 2.05) is 6.92 Å². The predicted molar refractivity (Wildman–Crippen MR) is 72.8 cm³/mol. The van der Waals surface area contributed by atoms with Crippen molar-refractivity contribution in [3.05, 3.63) is 33.9 Å². The van der Waals surface area contributed by atoms with Crippen LogP contribution in [0.15, 0.2) is 18.2 Å². The first-order valence-corrected chi connectivity index (χ1v) is 6.01. The average Bonchev–Trinajstić information content (AvgIpc) is 2.42. The zero-order valence-corrected chi connectivity index (χ0v) is 11.0. The van der Waals surface area contributed by atoms with Gasteiger partial charge in [-0.3, -0.25) is 20.8 Å². The Labute approximate surface area is 111 Å². The number of nitrogens with one attached hydrogen (secondary N) is 1. The highest BCUT2D eigenvalue weighted by Crippen LogP contribution is 2.24. The van der Waals surface area contributed by atoms with Gasteiger partial charge in [-0.2, -0.15) is 0 Å². The first-order chi connectivity index (χ1) is 9.01. The number of benzene rings is 1. The number of anilines is 1. The standard InChI is InChI=1S/C12H18N4O3/c1-3-4-7-15(2)12(17)9-5-6-11(16(18)19)10(8-9)14-13/h5-6,8,14H,3-4,7,13H2,1-2H3. The summed E-state index contributed by atoms with van der Waals surface area (Å²) in [5.41, 5.74) is 2.58. The van der Waals surface area contributed by atoms with Crippen LogP contribution in [0.4, 0.5) is 11.4 Å². The third-order valence-electron chi connectivity index (χ3n) is 2.79. The van der Waals surface area contributed by atoms with Crippen molar-refractivity contribution < 1.29 is 9.72 Å². The molecule has 7 heteroatoms. The van der Waals surface area contributed by atoms with Crippen molar-refractivity contribution in [2.24, 2.45) is 5.84 Å². The molecule has 0 unspecified atom stereocenters. The van der Waals surface area contributed by atoms with Gasteiger partial charge in [-0.25, -0.2) is 0 Å². The van der Waals surface area contributed by atoms with Crippen LogP contribution in [-0.4, -0.2) is 29.3 Å². The Hall–Kier alpha value is -2.15. The smallest absolute Gasteiger partial charge is 0.293 e. The molecule has 0 saturated heterocycles. The SMILES string of the molecule is CCCCN(C)C(=O)c1ccc([N+](=O)[O-])c(NN)c1. The molecular formula is C12H18N4O3. The zero-order valence-electron chi connectivity index (χ0n) is 11.0. The van der Waals surface area contributed by atoms with E-state index in [1.165, 1.54) is 18.2 Å². The number of rotatable bonds is 6. The zero-order chi connectivity index (χ0) is 14.4. The fourth-order valence-electron chi connectivity index (χ4n) is 1.66. The summed E-state index contributed by atoms with van der Waals surface area (Å²) in [6.45, 7) is 2.69. The van der Waals surface area contributed by atoms with Gasteiger partial charge in [0.15, 0.2) is 0 Å². The van der Waals surface area contributed by atoms with Gasteiger partial charge in [-0.05, 0) is 18.6 Å². The summed E-state index contributed by atoms with van der Waals surface area (Å²) in [4.78, 5) is 23.9. The molecule has 104 valence electrons. The second-order valence-electron chi connectivity index (χ2n) is 4.21. The summed E-state index contributed by atoms with van der Waals surface area (Å²) in [7, 11) is 1.70. The molecule has 0 atom stereocenters. The average molecular weight is 266 g/mol. The number of hydrogen-bond donors (Lipinski definition) is 2. The van der Waals surface area contributed by atoms with Crippen molar-refractivity contribution in [2.45, 2.75) is 19.8 Å². The molecule has 0 saturated carbocycles. The van der Waals surface area contributed by atoms with Gasteiger partial charge >= 0.3 is 0 Å². The molecule has 0 aromatic heterocycles. The number of nitrogens with zero attached hydrogens (tertiary/aromatic N) is 2. The van der Waals surface area contributed by atoms with Crippen molar-refractivity contribution in [1.29, 1.82) is 0 Å². The highest BCUT2D eigenvalue weighted by atomic mass is 16.6. The molecule has 1 amide bonds. The fraction of sp³-hybridized carbons (Fsp3) is 0.417. The summed E-state index contributed by atoms with van der Waals surface area (Å²) in [5, 5.41) is 10.8. The Morgan fingerprint density at radius 3 is 2.74 bits per heavy atom. The fourth-order valence-corrected chi connectivity index (χ4v) is 1.66. The van der Waals surface area contributed by atoms with Gasteiger partial charge in [-0.1, -0.05) is 13.3 Å². The second-order valence-corrected chi connectivity index (χ2v) is 4.21. The number of amides is 1. The third kappa shape index (κ3) is 3.65. The lowest BCUT2D eigenvalue weighted by Crippen LogP contribution is -2.27. The van der Waals surface area contributed by atoms with E-state index in [2.05, 4.69) is 5.43 Å².